The molecule has 10 nitrogen and oxygen atoms in total. The molecule has 140 valence electrons. The quantitative estimate of drug-likeness (QED) is 0.334. The molecule has 1 aromatic rings. The molecular weight excluding hydrogens is 358 g/mol. The van der Waals surface area contributed by atoms with Crippen molar-refractivity contribution in [3.8, 4) is 0 Å². The van der Waals surface area contributed by atoms with Crippen molar-refractivity contribution < 1.29 is 24.3 Å². The van der Waals surface area contributed by atoms with Crippen molar-refractivity contribution >= 4 is 28.8 Å². The molecule has 0 saturated heterocycles. The molecule has 0 spiro atoms. The third-order valence-corrected chi connectivity index (χ3v) is 3.74. The Morgan fingerprint density at radius 1 is 1.07 bits per heavy atom. The molecule has 0 radical (unpaired) electrons. The van der Waals surface area contributed by atoms with Gasteiger partial charge in [-0.2, -0.15) is 0 Å². The fourth-order valence-electron chi connectivity index (χ4n) is 2.30. The Labute approximate surface area is 153 Å². The lowest BCUT2D eigenvalue weighted by atomic mass is 9.90. The highest BCUT2D eigenvalue weighted by molar-refractivity contribution is 6.21. The van der Waals surface area contributed by atoms with E-state index in [1.165, 1.54) is 12.2 Å². The minimum absolute atomic E-state index is 0.0674. The number of carbonyl (C=O) groups excluding carboxylic acids is 2. The number of hydrogen-bond donors (Lipinski definition) is 0. The zero-order valence-corrected chi connectivity index (χ0v) is 14.7. The van der Waals surface area contributed by atoms with E-state index in [0.717, 1.165) is 18.2 Å². The van der Waals surface area contributed by atoms with E-state index in [1.54, 1.807) is 6.92 Å². The van der Waals surface area contributed by atoms with Crippen LogP contribution in [-0.2, 0) is 9.63 Å². The predicted molar refractivity (Wildman–Crippen MR) is 94.3 cm³/mol. The molecule has 0 bridgehead atoms. The van der Waals surface area contributed by atoms with Gasteiger partial charge in [-0.05, 0) is 30.6 Å². The second kappa shape index (κ2) is 7.68. The van der Waals surface area contributed by atoms with Crippen LogP contribution in [0.4, 0.5) is 11.4 Å². The van der Waals surface area contributed by atoms with E-state index >= 15 is 0 Å². The Balaban J connectivity index is 2.33. The van der Waals surface area contributed by atoms with E-state index in [9.17, 15) is 29.8 Å². The van der Waals surface area contributed by atoms with Gasteiger partial charge in [-0.25, -0.2) is 4.79 Å². The van der Waals surface area contributed by atoms with Crippen molar-refractivity contribution in [2.24, 2.45) is 11.1 Å². The summed E-state index contributed by atoms with van der Waals surface area (Å²) in [5.74, 6) is -1.33. The number of nitrogens with zero attached hydrogens (tertiary/aromatic N) is 3. The van der Waals surface area contributed by atoms with Crippen molar-refractivity contribution in [2.75, 3.05) is 0 Å². The van der Waals surface area contributed by atoms with Gasteiger partial charge in [-0.15, -0.1) is 0 Å². The maximum absolute atomic E-state index is 12.1. The standard InChI is InChI=1S/C17H15N3O7/c1-9(2)14-8-15(10(3)4-16(14)21)18-27-17(22)11-5-12(19(23)24)7-13(6-11)20(25)26/h4-9H,1-3H3. The maximum atomic E-state index is 12.1. The molecule has 0 aliphatic heterocycles. The van der Waals surface area contributed by atoms with Gasteiger partial charge in [0.25, 0.3) is 11.4 Å². The first-order valence-corrected chi connectivity index (χ1v) is 7.78. The van der Waals surface area contributed by atoms with Crippen LogP contribution in [0, 0.1) is 26.1 Å². The van der Waals surface area contributed by atoms with E-state index in [-0.39, 0.29) is 23.0 Å². The molecule has 0 heterocycles. The Morgan fingerprint density at radius 2 is 1.63 bits per heavy atom. The van der Waals surface area contributed by atoms with Crippen LogP contribution in [0.15, 0.2) is 46.7 Å². The minimum Gasteiger partial charge on any atom is -0.312 e. The number of nitro groups is 2. The largest absolute Gasteiger partial charge is 0.366 e. The van der Waals surface area contributed by atoms with E-state index in [2.05, 4.69) is 5.16 Å². The van der Waals surface area contributed by atoms with Crippen LogP contribution in [0.3, 0.4) is 0 Å². The summed E-state index contributed by atoms with van der Waals surface area (Å²) in [5, 5.41) is 25.5. The molecule has 0 fully saturated rings. The van der Waals surface area contributed by atoms with Crippen LogP contribution in [0.5, 0.6) is 0 Å². The van der Waals surface area contributed by atoms with Crippen LogP contribution in [0.25, 0.3) is 0 Å². The normalized spacial score (nSPS) is 15.4. The van der Waals surface area contributed by atoms with E-state index in [4.69, 9.17) is 4.84 Å². The molecule has 0 saturated carbocycles. The number of benzene rings is 1. The summed E-state index contributed by atoms with van der Waals surface area (Å²) in [5.41, 5.74) is -0.424. The number of nitro benzene ring substituents is 2. The van der Waals surface area contributed by atoms with Gasteiger partial charge in [0.05, 0.1) is 21.5 Å². The predicted octanol–water partition coefficient (Wildman–Crippen LogP) is 3.13. The molecule has 10 heteroatoms. The van der Waals surface area contributed by atoms with Gasteiger partial charge in [0.2, 0.25) is 0 Å². The zero-order valence-electron chi connectivity index (χ0n) is 14.7. The molecule has 2 rings (SSSR count). The summed E-state index contributed by atoms with van der Waals surface area (Å²) in [4.78, 5) is 48.9. The van der Waals surface area contributed by atoms with Crippen molar-refractivity contribution in [2.45, 2.75) is 20.8 Å². The number of non-ortho nitro benzene ring substituents is 2. The lowest BCUT2D eigenvalue weighted by molar-refractivity contribution is -0.394. The Hall–Kier alpha value is -3.69. The number of ketones is 1. The number of hydrogen-bond acceptors (Lipinski definition) is 8. The summed E-state index contributed by atoms with van der Waals surface area (Å²) in [6.45, 7) is 5.25. The number of oxime groups is 1. The molecule has 1 aliphatic rings. The van der Waals surface area contributed by atoms with Crippen LogP contribution >= 0.6 is 0 Å². The van der Waals surface area contributed by atoms with Crippen LogP contribution in [0.1, 0.15) is 31.1 Å². The highest BCUT2D eigenvalue weighted by Gasteiger charge is 2.22. The van der Waals surface area contributed by atoms with Gasteiger partial charge in [-0.1, -0.05) is 19.0 Å². The number of rotatable bonds is 5. The fourth-order valence-corrected chi connectivity index (χ4v) is 2.30. The average molecular weight is 373 g/mol. The maximum Gasteiger partial charge on any atom is 0.366 e. The van der Waals surface area contributed by atoms with Crippen LogP contribution in [0.2, 0.25) is 0 Å². The highest BCUT2D eigenvalue weighted by Crippen LogP contribution is 2.24. The van der Waals surface area contributed by atoms with E-state index in [0.29, 0.717) is 11.1 Å². The third-order valence-electron chi connectivity index (χ3n) is 3.74. The zero-order chi connectivity index (χ0) is 20.3. The first-order valence-electron chi connectivity index (χ1n) is 7.78. The van der Waals surface area contributed by atoms with Gasteiger partial charge < -0.3 is 4.84 Å². The Bertz CT molecular complexity index is 910. The van der Waals surface area contributed by atoms with Gasteiger partial charge >= 0.3 is 5.97 Å². The van der Waals surface area contributed by atoms with E-state index < -0.39 is 27.2 Å². The summed E-state index contributed by atoms with van der Waals surface area (Å²) in [7, 11) is 0. The Kier molecular flexibility index (Phi) is 5.59. The monoisotopic (exact) mass is 373 g/mol. The van der Waals surface area contributed by atoms with Gasteiger partial charge in [0.1, 0.15) is 5.71 Å². The number of allylic oxidation sites excluding steroid dienone is 4. The molecule has 0 unspecified atom stereocenters. The molecule has 1 aliphatic carbocycles. The second-order valence-corrected chi connectivity index (χ2v) is 6.05. The minimum atomic E-state index is -1.10. The van der Waals surface area contributed by atoms with Crippen molar-refractivity contribution in [3.05, 3.63) is 67.3 Å². The van der Waals surface area contributed by atoms with Crippen molar-refractivity contribution in [1.82, 2.24) is 0 Å². The smallest absolute Gasteiger partial charge is 0.312 e. The first-order chi connectivity index (χ1) is 12.6. The van der Waals surface area contributed by atoms with Crippen LogP contribution < -0.4 is 0 Å². The SMILES string of the molecule is CC1=CC(=O)C(C(C)C)=CC1=NOC(=O)c1cc([N+](=O)[O-])cc([N+](=O)[O-])c1. The molecule has 0 amide bonds. The second-order valence-electron chi connectivity index (χ2n) is 6.05. The fraction of sp³-hybridized carbons (Fsp3) is 0.235. The van der Waals surface area contributed by atoms with Gasteiger partial charge in [0, 0.05) is 17.7 Å². The topological polar surface area (TPSA) is 142 Å². The molecule has 0 atom stereocenters. The summed E-state index contributed by atoms with van der Waals surface area (Å²) in [6, 6.07) is 2.45. The molecule has 0 N–H and O–H groups in total. The summed E-state index contributed by atoms with van der Waals surface area (Å²) >= 11 is 0. The third kappa shape index (κ3) is 4.48. The molecule has 27 heavy (non-hydrogen) atoms. The van der Waals surface area contributed by atoms with Crippen molar-refractivity contribution in [1.29, 1.82) is 0 Å². The lowest BCUT2D eigenvalue weighted by Crippen LogP contribution is -2.16. The van der Waals surface area contributed by atoms with Gasteiger partial charge in [0.15, 0.2) is 5.78 Å². The molecule has 0 aromatic heterocycles. The highest BCUT2D eigenvalue weighted by atomic mass is 16.7. The van der Waals surface area contributed by atoms with Gasteiger partial charge in [-0.3, -0.25) is 25.0 Å². The summed E-state index contributed by atoms with van der Waals surface area (Å²) < 4.78 is 0. The van der Waals surface area contributed by atoms with Crippen LogP contribution in [-0.4, -0.2) is 27.3 Å². The molecular formula is C17H15N3O7. The first kappa shape index (κ1) is 19.6. The number of carbonyl (C=O) groups is 2. The average Bonchev–Trinajstić information content (AvgIpc) is 2.59. The van der Waals surface area contributed by atoms with E-state index in [1.807, 2.05) is 13.8 Å². The Morgan fingerprint density at radius 3 is 2.11 bits per heavy atom. The van der Waals surface area contributed by atoms with Crippen molar-refractivity contribution in [3.63, 3.8) is 0 Å². The summed E-state index contributed by atoms with van der Waals surface area (Å²) in [6.07, 6.45) is 2.85. The lowest BCUT2D eigenvalue weighted by Gasteiger charge is -2.14. The molecule has 1 aromatic carbocycles.